The quantitative estimate of drug-likeness (QED) is 0.432. The molecule has 0 radical (unpaired) electrons. The van der Waals surface area contributed by atoms with Crippen LogP contribution in [0.25, 0.3) is 0 Å². The van der Waals surface area contributed by atoms with Gasteiger partial charge in [-0.1, -0.05) is 48.0 Å². The molecule has 0 aliphatic carbocycles. The fraction of sp³-hybridized carbons (Fsp3) is 0.259. The molecule has 9 nitrogen and oxygen atoms in total. The minimum atomic E-state index is -4.18. The van der Waals surface area contributed by atoms with Crippen LogP contribution in [0.4, 0.5) is 5.69 Å². The number of hydrogen-bond acceptors (Lipinski definition) is 6. The highest BCUT2D eigenvalue weighted by atomic mass is 35.5. The van der Waals surface area contributed by atoms with Crippen molar-refractivity contribution in [2.24, 2.45) is 0 Å². The van der Waals surface area contributed by atoms with E-state index in [0.717, 1.165) is 4.31 Å². The van der Waals surface area contributed by atoms with Gasteiger partial charge in [0.15, 0.2) is 11.5 Å². The van der Waals surface area contributed by atoms with Crippen LogP contribution in [0, 0.1) is 0 Å². The van der Waals surface area contributed by atoms with E-state index in [1.165, 1.54) is 30.1 Å². The van der Waals surface area contributed by atoms with Crippen molar-refractivity contribution in [3.63, 3.8) is 0 Å². The summed E-state index contributed by atoms with van der Waals surface area (Å²) in [6.07, 6.45) is 0. The highest BCUT2D eigenvalue weighted by molar-refractivity contribution is 7.92. The number of amides is 2. The zero-order valence-corrected chi connectivity index (χ0v) is 22.5. The zero-order chi connectivity index (χ0) is 27.3. The number of carbonyl (C=O) groups excluding carboxylic acids is 2. The predicted molar refractivity (Wildman–Crippen MR) is 144 cm³/mol. The summed E-state index contributed by atoms with van der Waals surface area (Å²) in [6.45, 7) is 1.71. The number of carbonyl (C=O) groups is 2. The Bertz CT molecular complexity index is 1420. The lowest BCUT2D eigenvalue weighted by molar-refractivity contribution is -0.139. The lowest BCUT2D eigenvalue weighted by atomic mass is 10.1. The van der Waals surface area contributed by atoms with Crippen LogP contribution in [0.2, 0.25) is 5.02 Å². The van der Waals surface area contributed by atoms with Gasteiger partial charge in [-0.15, -0.1) is 0 Å². The fourth-order valence-electron chi connectivity index (χ4n) is 4.04. The van der Waals surface area contributed by atoms with E-state index in [1.807, 2.05) is 0 Å². The Morgan fingerprint density at radius 1 is 0.974 bits per heavy atom. The minimum absolute atomic E-state index is 0.00740. The molecule has 0 spiro atoms. The van der Waals surface area contributed by atoms with Crippen molar-refractivity contribution in [3.05, 3.63) is 83.4 Å². The van der Waals surface area contributed by atoms with Crippen LogP contribution >= 0.6 is 11.6 Å². The molecule has 1 atom stereocenters. The van der Waals surface area contributed by atoms with Gasteiger partial charge in [0.2, 0.25) is 11.8 Å². The molecule has 0 bridgehead atoms. The van der Waals surface area contributed by atoms with Crippen LogP contribution in [0.1, 0.15) is 12.5 Å². The molecule has 11 heteroatoms. The van der Waals surface area contributed by atoms with Gasteiger partial charge in [-0.05, 0) is 42.8 Å². The van der Waals surface area contributed by atoms with Gasteiger partial charge in [-0.25, -0.2) is 8.42 Å². The average Bonchev–Trinajstić information content (AvgIpc) is 2.94. The number of hydrogen-bond donors (Lipinski definition) is 1. The first-order chi connectivity index (χ1) is 18.2. The average molecular weight is 558 g/mol. The minimum Gasteiger partial charge on any atom is -0.486 e. The van der Waals surface area contributed by atoms with E-state index in [0.29, 0.717) is 35.3 Å². The maximum Gasteiger partial charge on any atom is 0.264 e. The van der Waals surface area contributed by atoms with Crippen molar-refractivity contribution < 1.29 is 27.5 Å². The Morgan fingerprint density at radius 2 is 1.63 bits per heavy atom. The molecule has 0 unspecified atom stereocenters. The van der Waals surface area contributed by atoms with Crippen molar-refractivity contribution in [2.75, 3.05) is 31.1 Å². The Labute approximate surface area is 227 Å². The highest BCUT2D eigenvalue weighted by Crippen LogP contribution is 2.36. The van der Waals surface area contributed by atoms with Crippen molar-refractivity contribution in [1.82, 2.24) is 10.2 Å². The van der Waals surface area contributed by atoms with E-state index in [9.17, 15) is 18.0 Å². The van der Waals surface area contributed by atoms with Crippen molar-refractivity contribution in [2.45, 2.75) is 24.4 Å². The fourth-order valence-corrected chi connectivity index (χ4v) is 5.66. The topological polar surface area (TPSA) is 105 Å². The summed E-state index contributed by atoms with van der Waals surface area (Å²) in [5.74, 6) is -0.129. The van der Waals surface area contributed by atoms with E-state index in [1.54, 1.807) is 61.5 Å². The van der Waals surface area contributed by atoms with Crippen LogP contribution in [0.15, 0.2) is 77.7 Å². The molecule has 1 heterocycles. The van der Waals surface area contributed by atoms with E-state index >= 15 is 0 Å². The highest BCUT2D eigenvalue weighted by Gasteiger charge is 2.33. The summed E-state index contributed by atoms with van der Waals surface area (Å²) in [6, 6.07) is 18.6. The molecule has 0 fully saturated rings. The zero-order valence-electron chi connectivity index (χ0n) is 21.0. The smallest absolute Gasteiger partial charge is 0.264 e. The third-order valence-corrected chi connectivity index (χ3v) is 8.29. The molecule has 2 amide bonds. The lowest BCUT2D eigenvalue weighted by Gasteiger charge is -2.32. The largest absolute Gasteiger partial charge is 0.486 e. The van der Waals surface area contributed by atoms with Crippen LogP contribution in [0.5, 0.6) is 11.5 Å². The van der Waals surface area contributed by atoms with Gasteiger partial charge < -0.3 is 19.7 Å². The van der Waals surface area contributed by atoms with Gasteiger partial charge in [0.1, 0.15) is 25.8 Å². The predicted octanol–water partition coefficient (Wildman–Crippen LogP) is 3.47. The second-order valence-corrected chi connectivity index (χ2v) is 10.8. The second kappa shape index (κ2) is 11.7. The van der Waals surface area contributed by atoms with Crippen molar-refractivity contribution in [3.8, 4) is 11.5 Å². The number of fused-ring (bicyclic) bond motifs is 1. The van der Waals surface area contributed by atoms with Gasteiger partial charge in [0.25, 0.3) is 10.0 Å². The molecule has 200 valence electrons. The maximum absolute atomic E-state index is 13.8. The molecule has 0 saturated heterocycles. The third kappa shape index (κ3) is 5.87. The second-order valence-electron chi connectivity index (χ2n) is 8.56. The monoisotopic (exact) mass is 557 g/mol. The van der Waals surface area contributed by atoms with Gasteiger partial charge in [0.05, 0.1) is 10.6 Å². The van der Waals surface area contributed by atoms with Crippen molar-refractivity contribution in [1.29, 1.82) is 0 Å². The van der Waals surface area contributed by atoms with Crippen molar-refractivity contribution >= 4 is 39.1 Å². The number of benzene rings is 3. The summed E-state index contributed by atoms with van der Waals surface area (Å²) in [7, 11) is -2.71. The molecule has 0 saturated carbocycles. The van der Waals surface area contributed by atoms with E-state index in [-0.39, 0.29) is 17.1 Å². The summed E-state index contributed by atoms with van der Waals surface area (Å²) in [5.41, 5.74) is 0.840. The first-order valence-corrected chi connectivity index (χ1v) is 13.8. The van der Waals surface area contributed by atoms with E-state index < -0.39 is 34.4 Å². The number of ether oxygens (including phenoxy) is 2. The normalized spacial score (nSPS) is 13.3. The van der Waals surface area contributed by atoms with Gasteiger partial charge in [0, 0.05) is 24.7 Å². The molecule has 0 aromatic heterocycles. The van der Waals surface area contributed by atoms with Gasteiger partial charge >= 0.3 is 0 Å². The number of anilines is 1. The summed E-state index contributed by atoms with van der Waals surface area (Å²) in [5, 5.41) is 2.97. The first-order valence-electron chi connectivity index (χ1n) is 11.9. The molecular formula is C27H28ClN3O6S. The number of rotatable bonds is 9. The van der Waals surface area contributed by atoms with Crippen LogP contribution in [0.3, 0.4) is 0 Å². The van der Waals surface area contributed by atoms with Crippen LogP contribution < -0.4 is 19.1 Å². The number of sulfonamides is 1. The lowest BCUT2D eigenvalue weighted by Crippen LogP contribution is -2.50. The van der Waals surface area contributed by atoms with E-state index in [4.69, 9.17) is 21.1 Å². The number of nitrogens with one attached hydrogen (secondary N) is 1. The Morgan fingerprint density at radius 3 is 2.32 bits per heavy atom. The molecule has 1 aliphatic heterocycles. The van der Waals surface area contributed by atoms with Crippen LogP contribution in [-0.2, 0) is 26.2 Å². The number of halogens is 1. The van der Waals surface area contributed by atoms with Gasteiger partial charge in [-0.3, -0.25) is 13.9 Å². The standard InChI is InChI=1S/C27H28ClN3O6S/c1-19(27(33)29-2)30(17-20-8-6-7-11-23(20)28)26(32)18-31(38(34,35)22-9-4-3-5-10-22)21-12-13-24-25(16-21)37-15-14-36-24/h3-13,16,19H,14-15,17-18H2,1-2H3,(H,29,33)/t19-/m1/s1. The molecule has 38 heavy (non-hydrogen) atoms. The molecule has 3 aromatic carbocycles. The molecule has 1 aliphatic rings. The van der Waals surface area contributed by atoms with Crippen LogP contribution in [-0.4, -0.2) is 58.0 Å². The SMILES string of the molecule is CNC(=O)[C@@H](C)N(Cc1ccccc1Cl)C(=O)CN(c1ccc2c(c1)OCCO2)S(=O)(=O)c1ccccc1. The first kappa shape index (κ1) is 27.3. The summed E-state index contributed by atoms with van der Waals surface area (Å²) >= 11 is 6.34. The molecule has 3 aromatic rings. The Hall–Kier alpha value is -3.76. The maximum atomic E-state index is 13.8. The Balaban J connectivity index is 1.74. The number of nitrogens with zero attached hydrogens (tertiary/aromatic N) is 2. The van der Waals surface area contributed by atoms with E-state index in [2.05, 4.69) is 5.32 Å². The van der Waals surface area contributed by atoms with Gasteiger partial charge in [-0.2, -0.15) is 0 Å². The molecule has 4 rings (SSSR count). The number of likely N-dealkylation sites (N-methyl/N-ethyl adjacent to an activating group) is 1. The summed E-state index contributed by atoms with van der Waals surface area (Å²) in [4.78, 5) is 27.7. The molecule has 1 N–H and O–H groups in total. The molecular weight excluding hydrogens is 530 g/mol. The summed E-state index contributed by atoms with van der Waals surface area (Å²) < 4.78 is 39.9. The third-order valence-electron chi connectivity index (χ3n) is 6.14. The Kier molecular flexibility index (Phi) is 8.43.